The number of aryl methyl sites for hydroxylation is 1. The second kappa shape index (κ2) is 8.40. The lowest BCUT2D eigenvalue weighted by atomic mass is 10.1. The minimum absolute atomic E-state index is 0.200. The Kier molecular flexibility index (Phi) is 5.76. The van der Waals surface area contributed by atoms with Gasteiger partial charge in [0.05, 0.1) is 21.3 Å². The first-order chi connectivity index (χ1) is 13.1. The van der Waals surface area contributed by atoms with Crippen LogP contribution in [0.4, 0.5) is 0 Å². The summed E-state index contributed by atoms with van der Waals surface area (Å²) in [7, 11) is 4.80. The molecule has 1 heterocycles. The van der Waals surface area contributed by atoms with Crippen LogP contribution in [-0.4, -0.2) is 33.1 Å². The fourth-order valence-corrected chi connectivity index (χ4v) is 2.79. The SMILES string of the molecule is COc1ccc(CCC2=N/C(=C/c3ccc(OC)c(OC)c3)C(=O)N2)cc1. The maximum atomic E-state index is 12.2. The Morgan fingerprint density at radius 2 is 1.67 bits per heavy atom. The molecule has 0 aromatic heterocycles. The van der Waals surface area contributed by atoms with Gasteiger partial charge in [-0.25, -0.2) is 4.99 Å². The van der Waals surface area contributed by atoms with Crippen molar-refractivity contribution in [2.75, 3.05) is 21.3 Å². The molecule has 1 N–H and O–H groups in total. The van der Waals surface area contributed by atoms with Crippen LogP contribution in [0.3, 0.4) is 0 Å². The summed E-state index contributed by atoms with van der Waals surface area (Å²) >= 11 is 0. The van der Waals surface area contributed by atoms with E-state index in [1.54, 1.807) is 33.5 Å². The van der Waals surface area contributed by atoms with Crippen molar-refractivity contribution in [2.24, 2.45) is 4.99 Å². The minimum atomic E-state index is -0.200. The highest BCUT2D eigenvalue weighted by Gasteiger charge is 2.19. The summed E-state index contributed by atoms with van der Waals surface area (Å²) in [6.45, 7) is 0. The van der Waals surface area contributed by atoms with E-state index in [1.807, 2.05) is 36.4 Å². The predicted molar refractivity (Wildman–Crippen MR) is 104 cm³/mol. The van der Waals surface area contributed by atoms with Crippen molar-refractivity contribution >= 4 is 17.8 Å². The molecule has 0 aliphatic carbocycles. The van der Waals surface area contributed by atoms with Crippen LogP contribution in [0.1, 0.15) is 17.5 Å². The zero-order valence-electron chi connectivity index (χ0n) is 15.6. The molecule has 1 aliphatic heterocycles. The molecule has 6 nitrogen and oxygen atoms in total. The molecule has 6 heteroatoms. The van der Waals surface area contributed by atoms with Crippen LogP contribution in [0.5, 0.6) is 17.2 Å². The highest BCUT2D eigenvalue weighted by atomic mass is 16.5. The van der Waals surface area contributed by atoms with Crippen LogP contribution in [0.2, 0.25) is 0 Å². The molecule has 2 aromatic rings. The predicted octanol–water partition coefficient (Wildman–Crippen LogP) is 3.21. The fraction of sp³-hybridized carbons (Fsp3) is 0.238. The molecule has 0 saturated carbocycles. The van der Waals surface area contributed by atoms with E-state index < -0.39 is 0 Å². The molecule has 3 rings (SSSR count). The standard InChI is InChI=1S/C21H22N2O4/c1-25-16-8-4-14(5-9-16)7-11-20-22-17(21(24)23-20)12-15-6-10-18(26-2)19(13-15)27-3/h4-6,8-10,12-13H,7,11H2,1-3H3,(H,22,23,24)/b17-12+. The monoisotopic (exact) mass is 366 g/mol. The van der Waals surface area contributed by atoms with Gasteiger partial charge in [0.15, 0.2) is 11.5 Å². The van der Waals surface area contributed by atoms with E-state index in [0.717, 1.165) is 23.3 Å². The highest BCUT2D eigenvalue weighted by molar-refractivity contribution is 6.14. The number of amidine groups is 1. The maximum Gasteiger partial charge on any atom is 0.275 e. The van der Waals surface area contributed by atoms with Crippen molar-refractivity contribution in [1.29, 1.82) is 0 Å². The number of hydrogen-bond donors (Lipinski definition) is 1. The van der Waals surface area contributed by atoms with E-state index >= 15 is 0 Å². The molecule has 2 aromatic carbocycles. The molecule has 0 saturated heterocycles. The molecule has 1 aliphatic rings. The van der Waals surface area contributed by atoms with Gasteiger partial charge in [-0.15, -0.1) is 0 Å². The van der Waals surface area contributed by atoms with E-state index in [4.69, 9.17) is 14.2 Å². The molecular weight excluding hydrogens is 344 g/mol. The third-order valence-corrected chi connectivity index (χ3v) is 4.27. The molecule has 0 radical (unpaired) electrons. The number of carbonyl (C=O) groups is 1. The van der Waals surface area contributed by atoms with E-state index in [1.165, 1.54) is 0 Å². The fourth-order valence-electron chi connectivity index (χ4n) is 2.79. The lowest BCUT2D eigenvalue weighted by Gasteiger charge is -2.07. The lowest BCUT2D eigenvalue weighted by molar-refractivity contribution is -0.115. The lowest BCUT2D eigenvalue weighted by Crippen LogP contribution is -2.24. The van der Waals surface area contributed by atoms with Gasteiger partial charge >= 0.3 is 0 Å². The molecule has 0 unspecified atom stereocenters. The van der Waals surface area contributed by atoms with E-state index in [2.05, 4.69) is 10.3 Å². The average molecular weight is 366 g/mol. The first-order valence-corrected chi connectivity index (χ1v) is 8.58. The van der Waals surface area contributed by atoms with Gasteiger partial charge in [0.1, 0.15) is 17.3 Å². The number of nitrogens with zero attached hydrogens (tertiary/aromatic N) is 1. The Balaban J connectivity index is 1.70. The molecule has 140 valence electrons. The molecule has 0 atom stereocenters. The van der Waals surface area contributed by atoms with Crippen molar-refractivity contribution in [3.63, 3.8) is 0 Å². The summed E-state index contributed by atoms with van der Waals surface area (Å²) in [6, 6.07) is 13.3. The van der Waals surface area contributed by atoms with Gasteiger partial charge in [-0.2, -0.15) is 0 Å². The zero-order valence-corrected chi connectivity index (χ0v) is 15.6. The first kappa shape index (κ1) is 18.5. The maximum absolute atomic E-state index is 12.2. The summed E-state index contributed by atoms with van der Waals surface area (Å²) in [5.41, 5.74) is 2.36. The van der Waals surface area contributed by atoms with E-state index in [-0.39, 0.29) is 5.91 Å². The number of nitrogens with one attached hydrogen (secondary N) is 1. The molecular formula is C21H22N2O4. The Labute approximate surface area is 158 Å². The molecule has 27 heavy (non-hydrogen) atoms. The third-order valence-electron chi connectivity index (χ3n) is 4.27. The number of aliphatic imine (C=N–C) groups is 1. The number of amides is 1. The second-order valence-electron chi connectivity index (χ2n) is 6.00. The number of hydrogen-bond acceptors (Lipinski definition) is 5. The van der Waals surface area contributed by atoms with Gasteiger partial charge < -0.3 is 19.5 Å². The van der Waals surface area contributed by atoms with Crippen LogP contribution < -0.4 is 19.5 Å². The average Bonchev–Trinajstić information content (AvgIpc) is 3.06. The van der Waals surface area contributed by atoms with Gasteiger partial charge in [0.2, 0.25) is 0 Å². The summed E-state index contributed by atoms with van der Waals surface area (Å²) in [4.78, 5) is 16.6. The van der Waals surface area contributed by atoms with Gasteiger partial charge in [0, 0.05) is 6.42 Å². The number of methoxy groups -OCH3 is 3. The van der Waals surface area contributed by atoms with Crippen LogP contribution in [0, 0.1) is 0 Å². The number of benzene rings is 2. The van der Waals surface area contributed by atoms with Crippen LogP contribution in [-0.2, 0) is 11.2 Å². The molecule has 1 amide bonds. The summed E-state index contributed by atoms with van der Waals surface area (Å²) in [6.07, 6.45) is 3.17. The van der Waals surface area contributed by atoms with Crippen molar-refractivity contribution in [1.82, 2.24) is 5.32 Å². The zero-order chi connectivity index (χ0) is 19.2. The minimum Gasteiger partial charge on any atom is -0.497 e. The highest BCUT2D eigenvalue weighted by Crippen LogP contribution is 2.28. The van der Waals surface area contributed by atoms with Crippen LogP contribution >= 0.6 is 0 Å². The second-order valence-corrected chi connectivity index (χ2v) is 6.00. The Morgan fingerprint density at radius 1 is 0.926 bits per heavy atom. The largest absolute Gasteiger partial charge is 0.497 e. The summed E-state index contributed by atoms with van der Waals surface area (Å²) in [5, 5.41) is 2.83. The topological polar surface area (TPSA) is 69.1 Å². The van der Waals surface area contributed by atoms with Crippen LogP contribution in [0.25, 0.3) is 6.08 Å². The summed E-state index contributed by atoms with van der Waals surface area (Å²) < 4.78 is 15.7. The quantitative estimate of drug-likeness (QED) is 0.764. The van der Waals surface area contributed by atoms with Gasteiger partial charge in [-0.3, -0.25) is 4.79 Å². The number of carbonyl (C=O) groups excluding carboxylic acids is 1. The van der Waals surface area contributed by atoms with E-state index in [0.29, 0.717) is 29.5 Å². The van der Waals surface area contributed by atoms with Gasteiger partial charge in [-0.1, -0.05) is 18.2 Å². The molecule has 0 fully saturated rings. The van der Waals surface area contributed by atoms with Crippen molar-refractivity contribution in [3.05, 3.63) is 59.3 Å². The Hall–Kier alpha value is -3.28. The van der Waals surface area contributed by atoms with Crippen LogP contribution in [0.15, 0.2) is 53.2 Å². The number of ether oxygens (including phenoxy) is 3. The van der Waals surface area contributed by atoms with Crippen molar-refractivity contribution in [3.8, 4) is 17.2 Å². The molecule has 0 spiro atoms. The third kappa shape index (κ3) is 4.47. The Bertz CT molecular complexity index is 886. The first-order valence-electron chi connectivity index (χ1n) is 8.58. The van der Waals surface area contributed by atoms with Gasteiger partial charge in [0.25, 0.3) is 5.91 Å². The number of rotatable bonds is 7. The van der Waals surface area contributed by atoms with Gasteiger partial charge in [-0.05, 0) is 47.9 Å². The van der Waals surface area contributed by atoms with Crippen molar-refractivity contribution in [2.45, 2.75) is 12.8 Å². The normalized spacial score (nSPS) is 14.7. The smallest absolute Gasteiger partial charge is 0.275 e. The summed E-state index contributed by atoms with van der Waals surface area (Å²) in [5.74, 6) is 2.54. The molecule has 0 bridgehead atoms. The Morgan fingerprint density at radius 3 is 2.33 bits per heavy atom. The van der Waals surface area contributed by atoms with E-state index in [9.17, 15) is 4.79 Å². The van der Waals surface area contributed by atoms with Crippen molar-refractivity contribution < 1.29 is 19.0 Å².